The second kappa shape index (κ2) is 10.5. The molecule has 0 heterocycles. The normalized spacial score (nSPS) is 9.75. The molecule has 114 valence electrons. The van der Waals surface area contributed by atoms with Gasteiger partial charge in [0.25, 0.3) is 0 Å². The average Bonchev–Trinajstić information content (AvgIpc) is 2.39. The van der Waals surface area contributed by atoms with E-state index in [1.165, 1.54) is 0 Å². The predicted octanol–water partition coefficient (Wildman–Crippen LogP) is 2.08. The van der Waals surface area contributed by atoms with Crippen LogP contribution in [0.1, 0.15) is 24.5 Å². The van der Waals surface area contributed by atoms with E-state index >= 15 is 0 Å². The highest BCUT2D eigenvalue weighted by molar-refractivity contribution is 5.85. The van der Waals surface area contributed by atoms with Crippen LogP contribution in [0.15, 0.2) is 18.2 Å². The summed E-state index contributed by atoms with van der Waals surface area (Å²) in [6.07, 6.45) is 1.47. The van der Waals surface area contributed by atoms with Gasteiger partial charge in [-0.1, -0.05) is 24.6 Å². The highest BCUT2D eigenvalue weighted by Gasteiger charge is 2.08. The Morgan fingerprint density at radius 3 is 2.65 bits per heavy atom. The van der Waals surface area contributed by atoms with Crippen molar-refractivity contribution in [3.63, 3.8) is 0 Å². The Hall–Kier alpha value is -1.26. The van der Waals surface area contributed by atoms with Gasteiger partial charge in [0.05, 0.1) is 13.5 Å². The highest BCUT2D eigenvalue weighted by atomic mass is 35.5. The molecule has 0 saturated carbocycles. The molecule has 0 fully saturated rings. The Kier molecular flexibility index (Phi) is 9.86. The standard InChI is InChI=1S/C15H24N2O2.ClH/c1-4-7-16-8-9-17-15(18)11-13-10-12(2)5-6-14(13)19-3;/h5-6,10,16H,4,7-9,11H2,1-3H3,(H,17,18);1H. The molecule has 0 aliphatic carbocycles. The SMILES string of the molecule is CCCNCCNC(=O)Cc1cc(C)ccc1OC.Cl. The minimum absolute atomic E-state index is 0. The van der Waals surface area contributed by atoms with Gasteiger partial charge in [-0.05, 0) is 26.0 Å². The maximum Gasteiger partial charge on any atom is 0.224 e. The van der Waals surface area contributed by atoms with E-state index in [4.69, 9.17) is 4.74 Å². The number of hydrogen-bond acceptors (Lipinski definition) is 3. The number of amides is 1. The zero-order chi connectivity index (χ0) is 14.1. The molecule has 0 saturated heterocycles. The summed E-state index contributed by atoms with van der Waals surface area (Å²) in [6.45, 7) is 6.59. The monoisotopic (exact) mass is 300 g/mol. The molecule has 0 radical (unpaired) electrons. The molecule has 1 aromatic carbocycles. The van der Waals surface area contributed by atoms with Crippen molar-refractivity contribution in [1.29, 1.82) is 0 Å². The Labute approximate surface area is 127 Å². The number of carbonyl (C=O) groups is 1. The van der Waals surface area contributed by atoms with Crippen molar-refractivity contribution in [2.45, 2.75) is 26.7 Å². The summed E-state index contributed by atoms with van der Waals surface area (Å²) in [5, 5.41) is 6.15. The van der Waals surface area contributed by atoms with E-state index in [1.54, 1.807) is 7.11 Å². The van der Waals surface area contributed by atoms with Gasteiger partial charge in [0.2, 0.25) is 5.91 Å². The molecule has 0 atom stereocenters. The summed E-state index contributed by atoms with van der Waals surface area (Å²) < 4.78 is 5.27. The second-order valence-corrected chi connectivity index (χ2v) is 4.59. The lowest BCUT2D eigenvalue weighted by Crippen LogP contribution is -2.33. The molecular weight excluding hydrogens is 276 g/mol. The van der Waals surface area contributed by atoms with Gasteiger partial charge >= 0.3 is 0 Å². The van der Waals surface area contributed by atoms with Crippen LogP contribution in [-0.2, 0) is 11.2 Å². The van der Waals surface area contributed by atoms with E-state index < -0.39 is 0 Å². The van der Waals surface area contributed by atoms with Crippen LogP contribution < -0.4 is 15.4 Å². The number of ether oxygens (including phenoxy) is 1. The fourth-order valence-electron chi connectivity index (χ4n) is 1.87. The van der Waals surface area contributed by atoms with E-state index in [2.05, 4.69) is 17.6 Å². The average molecular weight is 301 g/mol. The second-order valence-electron chi connectivity index (χ2n) is 4.59. The molecule has 5 heteroatoms. The number of hydrogen-bond donors (Lipinski definition) is 2. The lowest BCUT2D eigenvalue weighted by Gasteiger charge is -2.10. The van der Waals surface area contributed by atoms with Crippen LogP contribution >= 0.6 is 12.4 Å². The third-order valence-electron chi connectivity index (χ3n) is 2.84. The van der Waals surface area contributed by atoms with Gasteiger partial charge in [-0.2, -0.15) is 0 Å². The Morgan fingerprint density at radius 2 is 2.00 bits per heavy atom. The lowest BCUT2D eigenvalue weighted by atomic mass is 10.1. The van der Waals surface area contributed by atoms with Crippen molar-refractivity contribution in [2.75, 3.05) is 26.7 Å². The molecule has 1 aromatic rings. The quantitative estimate of drug-likeness (QED) is 0.723. The van der Waals surface area contributed by atoms with Gasteiger partial charge in [0.1, 0.15) is 5.75 Å². The number of carbonyl (C=O) groups excluding carboxylic acids is 1. The van der Waals surface area contributed by atoms with Crippen LogP contribution in [0.3, 0.4) is 0 Å². The minimum atomic E-state index is 0. The van der Waals surface area contributed by atoms with Crippen LogP contribution in [0.5, 0.6) is 5.75 Å². The largest absolute Gasteiger partial charge is 0.496 e. The van der Waals surface area contributed by atoms with Crippen LogP contribution in [-0.4, -0.2) is 32.7 Å². The van der Waals surface area contributed by atoms with Gasteiger partial charge in [0.15, 0.2) is 0 Å². The van der Waals surface area contributed by atoms with E-state index in [-0.39, 0.29) is 18.3 Å². The van der Waals surface area contributed by atoms with E-state index in [0.29, 0.717) is 13.0 Å². The van der Waals surface area contributed by atoms with Crippen molar-refractivity contribution in [2.24, 2.45) is 0 Å². The fourth-order valence-corrected chi connectivity index (χ4v) is 1.87. The fraction of sp³-hybridized carbons (Fsp3) is 0.533. The summed E-state index contributed by atoms with van der Waals surface area (Å²) in [5.74, 6) is 0.798. The van der Waals surface area contributed by atoms with Crippen LogP contribution in [0, 0.1) is 6.92 Å². The molecule has 1 rings (SSSR count). The molecule has 0 aliphatic rings. The van der Waals surface area contributed by atoms with Crippen LogP contribution in [0.25, 0.3) is 0 Å². The zero-order valence-electron chi connectivity index (χ0n) is 12.5. The minimum Gasteiger partial charge on any atom is -0.496 e. The predicted molar refractivity (Wildman–Crippen MR) is 84.9 cm³/mol. The lowest BCUT2D eigenvalue weighted by molar-refractivity contribution is -0.120. The first-order valence-electron chi connectivity index (χ1n) is 6.78. The highest BCUT2D eigenvalue weighted by Crippen LogP contribution is 2.19. The van der Waals surface area contributed by atoms with E-state index in [0.717, 1.165) is 36.4 Å². The summed E-state index contributed by atoms with van der Waals surface area (Å²) >= 11 is 0. The molecule has 0 spiro atoms. The van der Waals surface area contributed by atoms with Crippen molar-refractivity contribution < 1.29 is 9.53 Å². The number of aryl methyl sites for hydroxylation is 1. The molecule has 1 amide bonds. The molecule has 0 bridgehead atoms. The molecule has 4 nitrogen and oxygen atoms in total. The summed E-state index contributed by atoms with van der Waals surface area (Å²) in [4.78, 5) is 11.8. The van der Waals surface area contributed by atoms with Gasteiger partial charge < -0.3 is 15.4 Å². The first-order chi connectivity index (χ1) is 9.17. The molecule has 0 aliphatic heterocycles. The molecule has 2 N–H and O–H groups in total. The third-order valence-corrected chi connectivity index (χ3v) is 2.84. The van der Waals surface area contributed by atoms with Gasteiger partial charge in [-0.25, -0.2) is 0 Å². The molecule has 0 unspecified atom stereocenters. The van der Waals surface area contributed by atoms with Crippen molar-refractivity contribution in [3.8, 4) is 5.75 Å². The van der Waals surface area contributed by atoms with Gasteiger partial charge in [0, 0.05) is 18.7 Å². The topological polar surface area (TPSA) is 50.4 Å². The number of nitrogens with one attached hydrogen (secondary N) is 2. The number of halogens is 1. The van der Waals surface area contributed by atoms with Crippen molar-refractivity contribution in [1.82, 2.24) is 10.6 Å². The Balaban J connectivity index is 0.00000361. The van der Waals surface area contributed by atoms with Gasteiger partial charge in [-0.3, -0.25) is 4.79 Å². The van der Waals surface area contributed by atoms with E-state index in [1.807, 2.05) is 25.1 Å². The number of rotatable bonds is 8. The van der Waals surface area contributed by atoms with Crippen LogP contribution in [0.4, 0.5) is 0 Å². The first kappa shape index (κ1) is 18.7. The smallest absolute Gasteiger partial charge is 0.224 e. The number of methoxy groups -OCH3 is 1. The summed E-state index contributed by atoms with van der Waals surface area (Å²) in [5.41, 5.74) is 2.06. The first-order valence-corrected chi connectivity index (χ1v) is 6.78. The maximum atomic E-state index is 11.8. The molecule has 0 aromatic heterocycles. The molecule has 20 heavy (non-hydrogen) atoms. The Bertz CT molecular complexity index is 411. The maximum absolute atomic E-state index is 11.8. The Morgan fingerprint density at radius 1 is 1.25 bits per heavy atom. The van der Waals surface area contributed by atoms with E-state index in [9.17, 15) is 4.79 Å². The van der Waals surface area contributed by atoms with Crippen molar-refractivity contribution in [3.05, 3.63) is 29.3 Å². The zero-order valence-corrected chi connectivity index (χ0v) is 13.3. The van der Waals surface area contributed by atoms with Crippen LogP contribution in [0.2, 0.25) is 0 Å². The summed E-state index contributed by atoms with van der Waals surface area (Å²) in [6, 6.07) is 5.88. The number of benzene rings is 1. The van der Waals surface area contributed by atoms with Crippen molar-refractivity contribution >= 4 is 18.3 Å². The summed E-state index contributed by atoms with van der Waals surface area (Å²) in [7, 11) is 1.63. The molecular formula is C15H25ClN2O2. The third kappa shape index (κ3) is 6.78. The van der Waals surface area contributed by atoms with Gasteiger partial charge in [-0.15, -0.1) is 12.4 Å².